The number of guanidine groups is 1. The fourth-order valence-corrected chi connectivity index (χ4v) is 1.84. The third-order valence-corrected chi connectivity index (χ3v) is 2.68. The maximum atomic E-state index is 4.50. The van der Waals surface area contributed by atoms with Crippen LogP contribution >= 0.6 is 0 Å². The van der Waals surface area contributed by atoms with Gasteiger partial charge in [-0.05, 0) is 26.0 Å². The topological polar surface area (TPSA) is 27.6 Å². The van der Waals surface area contributed by atoms with Crippen LogP contribution in [0.1, 0.15) is 13.8 Å². The van der Waals surface area contributed by atoms with Gasteiger partial charge in [0.25, 0.3) is 0 Å². The third-order valence-electron chi connectivity index (χ3n) is 2.68. The van der Waals surface area contributed by atoms with E-state index in [1.165, 1.54) is 0 Å². The first-order valence-electron chi connectivity index (χ1n) is 5.44. The van der Waals surface area contributed by atoms with Crippen LogP contribution in [0.15, 0.2) is 35.3 Å². The van der Waals surface area contributed by atoms with Crippen molar-refractivity contribution in [3.05, 3.63) is 30.3 Å². The number of para-hydroxylation sites is 1. The van der Waals surface area contributed by atoms with Crippen molar-refractivity contribution in [3.8, 4) is 0 Å². The van der Waals surface area contributed by atoms with E-state index in [1.54, 1.807) is 0 Å². The zero-order valence-electron chi connectivity index (χ0n) is 9.27. The van der Waals surface area contributed by atoms with Gasteiger partial charge in [0, 0.05) is 18.3 Å². The third kappa shape index (κ3) is 2.12. The molecule has 2 rings (SSSR count). The lowest BCUT2D eigenvalue weighted by molar-refractivity contribution is 0.380. The first kappa shape index (κ1) is 10.0. The van der Waals surface area contributed by atoms with Crippen LogP contribution in [0.2, 0.25) is 0 Å². The summed E-state index contributed by atoms with van der Waals surface area (Å²) in [4.78, 5) is 6.78. The molecule has 1 aromatic rings. The maximum absolute atomic E-state index is 4.50. The van der Waals surface area contributed by atoms with Crippen molar-refractivity contribution >= 4 is 11.6 Å². The van der Waals surface area contributed by atoms with Crippen LogP contribution in [0.25, 0.3) is 0 Å². The molecule has 3 nitrogen and oxygen atoms in total. The lowest BCUT2D eigenvalue weighted by Gasteiger charge is -2.23. The van der Waals surface area contributed by atoms with Gasteiger partial charge >= 0.3 is 0 Å². The summed E-state index contributed by atoms with van der Waals surface area (Å²) < 4.78 is 0. The highest BCUT2D eigenvalue weighted by Crippen LogP contribution is 2.13. The van der Waals surface area contributed by atoms with Crippen molar-refractivity contribution in [2.75, 3.05) is 18.4 Å². The molecule has 1 aliphatic heterocycles. The molecule has 0 aliphatic carbocycles. The van der Waals surface area contributed by atoms with Gasteiger partial charge in [-0.3, -0.25) is 4.99 Å². The van der Waals surface area contributed by atoms with E-state index in [-0.39, 0.29) is 0 Å². The number of hydrogen-bond donors (Lipinski definition) is 1. The summed E-state index contributed by atoms with van der Waals surface area (Å²) in [5, 5.41) is 3.35. The quantitative estimate of drug-likeness (QED) is 0.797. The number of aliphatic imine (C=N–C) groups is 1. The number of benzene rings is 1. The second-order valence-electron chi connectivity index (χ2n) is 3.79. The molecule has 0 radical (unpaired) electrons. The molecule has 15 heavy (non-hydrogen) atoms. The van der Waals surface area contributed by atoms with E-state index in [4.69, 9.17) is 0 Å². The van der Waals surface area contributed by atoms with E-state index in [0.29, 0.717) is 6.04 Å². The SMILES string of the molecule is CCN1C(Nc2ccccc2)=NC[C@@H]1C. The molecule has 1 atom stereocenters. The lowest BCUT2D eigenvalue weighted by Crippen LogP contribution is -2.38. The lowest BCUT2D eigenvalue weighted by atomic mass is 10.3. The summed E-state index contributed by atoms with van der Waals surface area (Å²) in [6.07, 6.45) is 0. The van der Waals surface area contributed by atoms with Gasteiger partial charge in [-0.15, -0.1) is 0 Å². The number of hydrogen-bond acceptors (Lipinski definition) is 3. The summed E-state index contributed by atoms with van der Waals surface area (Å²) in [6, 6.07) is 10.7. The highest BCUT2D eigenvalue weighted by molar-refractivity contribution is 5.94. The normalized spacial score (nSPS) is 20.3. The van der Waals surface area contributed by atoms with Crippen LogP contribution < -0.4 is 5.32 Å². The van der Waals surface area contributed by atoms with Gasteiger partial charge in [0.05, 0.1) is 6.54 Å². The molecule has 0 unspecified atom stereocenters. The zero-order chi connectivity index (χ0) is 10.7. The average Bonchev–Trinajstić information content (AvgIpc) is 2.61. The molecular weight excluding hydrogens is 186 g/mol. The molecule has 0 amide bonds. The van der Waals surface area contributed by atoms with Crippen LogP contribution in [0.5, 0.6) is 0 Å². The number of rotatable bonds is 2. The summed E-state index contributed by atoms with van der Waals surface area (Å²) in [5.41, 5.74) is 1.10. The first-order chi connectivity index (χ1) is 7.31. The molecule has 0 aromatic heterocycles. The highest BCUT2D eigenvalue weighted by Gasteiger charge is 2.22. The largest absolute Gasteiger partial charge is 0.338 e. The molecule has 3 heteroatoms. The number of nitrogens with one attached hydrogen (secondary N) is 1. The molecule has 80 valence electrons. The Morgan fingerprint density at radius 1 is 1.40 bits per heavy atom. The van der Waals surface area contributed by atoms with Crippen LogP contribution in [-0.2, 0) is 0 Å². The average molecular weight is 203 g/mol. The van der Waals surface area contributed by atoms with Crippen LogP contribution in [0.3, 0.4) is 0 Å². The van der Waals surface area contributed by atoms with Gasteiger partial charge in [0.2, 0.25) is 0 Å². The molecular formula is C12H17N3. The first-order valence-corrected chi connectivity index (χ1v) is 5.44. The number of likely N-dealkylation sites (N-methyl/N-ethyl adjacent to an activating group) is 1. The fraction of sp³-hybridized carbons (Fsp3) is 0.417. The highest BCUT2D eigenvalue weighted by atomic mass is 15.4. The summed E-state index contributed by atoms with van der Waals surface area (Å²) >= 11 is 0. The van der Waals surface area contributed by atoms with Crippen LogP contribution in [0, 0.1) is 0 Å². The van der Waals surface area contributed by atoms with E-state index in [2.05, 4.69) is 41.2 Å². The van der Waals surface area contributed by atoms with Gasteiger partial charge < -0.3 is 10.2 Å². The molecule has 0 fully saturated rings. The Hall–Kier alpha value is -1.51. The minimum absolute atomic E-state index is 0.515. The van der Waals surface area contributed by atoms with Crippen molar-refractivity contribution in [1.82, 2.24) is 4.90 Å². The van der Waals surface area contributed by atoms with Crippen LogP contribution in [0.4, 0.5) is 5.69 Å². The predicted octanol–water partition coefficient (Wildman–Crippen LogP) is 2.18. The summed E-state index contributed by atoms with van der Waals surface area (Å²) in [5.74, 6) is 0.996. The smallest absolute Gasteiger partial charge is 0.198 e. The molecule has 1 aliphatic rings. The Morgan fingerprint density at radius 2 is 2.13 bits per heavy atom. The van der Waals surface area contributed by atoms with Gasteiger partial charge in [-0.2, -0.15) is 0 Å². The second-order valence-corrected chi connectivity index (χ2v) is 3.79. The number of nitrogens with zero attached hydrogens (tertiary/aromatic N) is 2. The fourth-order valence-electron chi connectivity index (χ4n) is 1.84. The molecule has 0 spiro atoms. The van der Waals surface area contributed by atoms with Gasteiger partial charge in [-0.25, -0.2) is 0 Å². The van der Waals surface area contributed by atoms with Gasteiger partial charge in [0.1, 0.15) is 0 Å². The molecule has 0 bridgehead atoms. The monoisotopic (exact) mass is 203 g/mol. The Kier molecular flexibility index (Phi) is 2.90. The standard InChI is InChI=1S/C12H17N3/c1-3-15-10(2)9-13-12(15)14-11-7-5-4-6-8-11/h4-8,10H,3,9H2,1-2H3,(H,13,14)/t10-/m0/s1. The van der Waals surface area contributed by atoms with Gasteiger partial charge in [0.15, 0.2) is 5.96 Å². The summed E-state index contributed by atoms with van der Waals surface area (Å²) in [7, 11) is 0. The molecule has 0 saturated heterocycles. The van der Waals surface area contributed by atoms with E-state index in [1.807, 2.05) is 18.2 Å². The van der Waals surface area contributed by atoms with Crippen molar-refractivity contribution < 1.29 is 0 Å². The second kappa shape index (κ2) is 4.34. The van der Waals surface area contributed by atoms with Crippen molar-refractivity contribution in [3.63, 3.8) is 0 Å². The number of anilines is 1. The minimum atomic E-state index is 0.515. The predicted molar refractivity (Wildman–Crippen MR) is 64.2 cm³/mol. The Morgan fingerprint density at radius 3 is 2.80 bits per heavy atom. The van der Waals surface area contributed by atoms with Crippen molar-refractivity contribution in [1.29, 1.82) is 0 Å². The van der Waals surface area contributed by atoms with E-state index >= 15 is 0 Å². The molecule has 1 N–H and O–H groups in total. The van der Waals surface area contributed by atoms with E-state index in [0.717, 1.165) is 24.7 Å². The van der Waals surface area contributed by atoms with E-state index < -0.39 is 0 Å². The Bertz CT molecular complexity index is 345. The Labute approximate surface area is 90.8 Å². The van der Waals surface area contributed by atoms with Crippen LogP contribution in [-0.4, -0.2) is 30.0 Å². The van der Waals surface area contributed by atoms with Crippen molar-refractivity contribution in [2.24, 2.45) is 4.99 Å². The minimum Gasteiger partial charge on any atom is -0.338 e. The van der Waals surface area contributed by atoms with E-state index in [9.17, 15) is 0 Å². The summed E-state index contributed by atoms with van der Waals surface area (Å²) in [6.45, 7) is 6.25. The molecule has 1 aromatic carbocycles. The molecule has 0 saturated carbocycles. The van der Waals surface area contributed by atoms with Gasteiger partial charge in [-0.1, -0.05) is 18.2 Å². The molecule has 1 heterocycles. The zero-order valence-corrected chi connectivity index (χ0v) is 9.27. The maximum Gasteiger partial charge on any atom is 0.198 e. The van der Waals surface area contributed by atoms with Crippen molar-refractivity contribution in [2.45, 2.75) is 19.9 Å². The Balaban J connectivity index is 2.07.